The summed E-state index contributed by atoms with van der Waals surface area (Å²) in [5, 5.41) is 24.8. The molecule has 2 rings (SSSR count). The summed E-state index contributed by atoms with van der Waals surface area (Å²) in [5.41, 5.74) is 4.71. The van der Waals surface area contributed by atoms with Crippen molar-refractivity contribution in [2.75, 3.05) is 6.54 Å². The Hall–Kier alpha value is -3.81. The first-order valence-corrected chi connectivity index (χ1v) is 12.0. The molecule has 36 heavy (non-hydrogen) atoms. The van der Waals surface area contributed by atoms with Gasteiger partial charge < -0.3 is 31.1 Å². The van der Waals surface area contributed by atoms with E-state index in [0.29, 0.717) is 0 Å². The highest BCUT2D eigenvalue weighted by molar-refractivity contribution is 5.94. The average molecular weight is 502 g/mol. The number of primary amides is 1. The number of alkyl carbamates (subject to hydrolysis) is 1. The van der Waals surface area contributed by atoms with Gasteiger partial charge in [-0.05, 0) is 51.3 Å². The van der Waals surface area contributed by atoms with Crippen LogP contribution in [0.3, 0.4) is 0 Å². The van der Waals surface area contributed by atoms with Gasteiger partial charge in [0, 0.05) is 6.04 Å². The molecule has 1 aliphatic rings. The minimum atomic E-state index is -1.48. The monoisotopic (exact) mass is 501 g/mol. The van der Waals surface area contributed by atoms with E-state index >= 15 is 0 Å². The van der Waals surface area contributed by atoms with Crippen LogP contribution in [0.25, 0.3) is 0 Å². The smallest absolute Gasteiger partial charge is 0.408 e. The third-order valence-electron chi connectivity index (χ3n) is 5.62. The average Bonchev–Trinajstić information content (AvgIpc) is 2.77. The zero-order valence-corrected chi connectivity index (χ0v) is 21.0. The molecule has 196 valence electrons. The van der Waals surface area contributed by atoms with Crippen molar-refractivity contribution in [2.45, 2.75) is 83.0 Å². The number of phenols is 1. The van der Waals surface area contributed by atoms with Crippen LogP contribution in [-0.4, -0.2) is 58.1 Å². The topological polar surface area (TPSA) is 175 Å². The molecule has 1 aromatic rings. The van der Waals surface area contributed by atoms with E-state index in [-0.39, 0.29) is 17.4 Å². The number of rotatable bonds is 9. The lowest BCUT2D eigenvalue weighted by molar-refractivity contribution is -0.143. The Morgan fingerprint density at radius 3 is 2.44 bits per heavy atom. The number of ether oxygens (including phenoxy) is 1. The van der Waals surface area contributed by atoms with E-state index in [0.717, 1.165) is 37.0 Å². The van der Waals surface area contributed by atoms with Gasteiger partial charge in [0.1, 0.15) is 30.0 Å². The molecule has 11 nitrogen and oxygen atoms in total. The van der Waals surface area contributed by atoms with Gasteiger partial charge in [-0.15, -0.1) is 0 Å². The summed E-state index contributed by atoms with van der Waals surface area (Å²) in [7, 11) is 0. The number of nitriles is 1. The molecule has 0 aliphatic heterocycles. The zero-order valence-electron chi connectivity index (χ0n) is 21.0. The van der Waals surface area contributed by atoms with Crippen LogP contribution in [0.5, 0.6) is 5.75 Å². The van der Waals surface area contributed by atoms with Gasteiger partial charge in [0.25, 0.3) is 0 Å². The molecule has 0 saturated heterocycles. The van der Waals surface area contributed by atoms with Crippen molar-refractivity contribution < 1.29 is 29.0 Å². The standard InChI is InChI=1S/C25H35N5O6/c1-25(2,3)36-24(35)29-19(15-20(27)32)23(34)30(13-12-26)21(16-8-7-11-18(31)14-16)22(33)28-17-9-5-4-6-10-17/h7-8,11,14,17,19,21,31H,4-6,9-10,13,15H2,1-3H3,(H2,27,32)(H,28,33)(H,29,35). The Kier molecular flexibility index (Phi) is 10.1. The lowest BCUT2D eigenvalue weighted by Crippen LogP contribution is -2.54. The lowest BCUT2D eigenvalue weighted by Gasteiger charge is -2.34. The van der Waals surface area contributed by atoms with Crippen LogP contribution in [0, 0.1) is 11.3 Å². The number of carbonyl (C=O) groups is 4. The Morgan fingerprint density at radius 2 is 1.89 bits per heavy atom. The predicted molar refractivity (Wildman–Crippen MR) is 130 cm³/mol. The number of phenolic OH excluding ortho intramolecular Hbond substituents is 1. The van der Waals surface area contributed by atoms with E-state index in [1.807, 2.05) is 6.07 Å². The Bertz CT molecular complexity index is 993. The van der Waals surface area contributed by atoms with E-state index in [9.17, 15) is 29.5 Å². The third-order valence-corrected chi connectivity index (χ3v) is 5.62. The van der Waals surface area contributed by atoms with Crippen molar-refractivity contribution in [1.29, 1.82) is 5.26 Å². The molecule has 1 fully saturated rings. The first kappa shape index (κ1) is 28.4. The fourth-order valence-electron chi connectivity index (χ4n) is 4.12. The Morgan fingerprint density at radius 1 is 1.22 bits per heavy atom. The number of benzene rings is 1. The molecule has 4 amide bonds. The van der Waals surface area contributed by atoms with Crippen molar-refractivity contribution in [1.82, 2.24) is 15.5 Å². The minimum absolute atomic E-state index is 0.0913. The van der Waals surface area contributed by atoms with E-state index in [2.05, 4.69) is 10.6 Å². The summed E-state index contributed by atoms with van der Waals surface area (Å²) < 4.78 is 5.20. The molecular formula is C25H35N5O6. The first-order chi connectivity index (χ1) is 16.9. The minimum Gasteiger partial charge on any atom is -0.508 e. The van der Waals surface area contributed by atoms with Crippen LogP contribution < -0.4 is 16.4 Å². The van der Waals surface area contributed by atoms with E-state index in [4.69, 9.17) is 10.5 Å². The number of carbonyl (C=O) groups excluding carboxylic acids is 4. The summed E-state index contributed by atoms with van der Waals surface area (Å²) in [5.74, 6) is -2.41. The molecule has 1 aliphatic carbocycles. The normalized spacial score (nSPS) is 15.6. The summed E-state index contributed by atoms with van der Waals surface area (Å²) in [6.45, 7) is 4.37. The Balaban J connectivity index is 2.43. The number of nitrogens with two attached hydrogens (primary N) is 1. The van der Waals surface area contributed by atoms with Crippen LogP contribution in [0.1, 0.15) is 70.9 Å². The van der Waals surface area contributed by atoms with Crippen molar-refractivity contribution in [3.63, 3.8) is 0 Å². The molecule has 1 aromatic carbocycles. The van der Waals surface area contributed by atoms with Crippen LogP contribution in [0.2, 0.25) is 0 Å². The van der Waals surface area contributed by atoms with Crippen LogP contribution in [-0.2, 0) is 19.1 Å². The summed E-state index contributed by atoms with van der Waals surface area (Å²) in [6.07, 6.45) is 3.04. The van der Waals surface area contributed by atoms with Crippen LogP contribution in [0.15, 0.2) is 24.3 Å². The summed E-state index contributed by atoms with van der Waals surface area (Å²) in [4.78, 5) is 52.2. The third kappa shape index (κ3) is 8.76. The first-order valence-electron chi connectivity index (χ1n) is 12.0. The molecule has 0 spiro atoms. The molecule has 2 unspecified atom stereocenters. The van der Waals surface area contributed by atoms with Gasteiger partial charge in [-0.2, -0.15) is 5.26 Å². The number of amides is 4. The molecule has 0 bridgehead atoms. The maximum atomic E-state index is 13.6. The van der Waals surface area contributed by atoms with Crippen LogP contribution >= 0.6 is 0 Å². The number of hydrogen-bond acceptors (Lipinski definition) is 7. The van der Waals surface area contributed by atoms with Gasteiger partial charge in [0.2, 0.25) is 17.7 Å². The molecule has 0 radical (unpaired) electrons. The van der Waals surface area contributed by atoms with Gasteiger partial charge in [-0.3, -0.25) is 14.4 Å². The molecule has 1 saturated carbocycles. The fourth-order valence-corrected chi connectivity index (χ4v) is 4.12. The molecule has 5 N–H and O–H groups in total. The van der Waals surface area contributed by atoms with Crippen LogP contribution in [0.4, 0.5) is 4.79 Å². The second kappa shape index (κ2) is 12.8. The van der Waals surface area contributed by atoms with E-state index in [1.165, 1.54) is 18.2 Å². The molecule has 0 aromatic heterocycles. The highest BCUT2D eigenvalue weighted by Gasteiger charge is 2.37. The SMILES string of the molecule is CC(C)(C)OC(=O)NC(CC(N)=O)C(=O)N(CC#N)C(C(=O)NC1CCCCC1)c1cccc(O)c1. The largest absolute Gasteiger partial charge is 0.508 e. The summed E-state index contributed by atoms with van der Waals surface area (Å²) >= 11 is 0. The molecule has 0 heterocycles. The van der Waals surface area contributed by atoms with Gasteiger partial charge in [-0.1, -0.05) is 31.4 Å². The number of nitrogens with zero attached hydrogens (tertiary/aromatic N) is 2. The summed E-state index contributed by atoms with van der Waals surface area (Å²) in [6, 6.07) is 4.80. The highest BCUT2D eigenvalue weighted by atomic mass is 16.6. The maximum absolute atomic E-state index is 13.6. The van der Waals surface area contributed by atoms with Crippen molar-refractivity contribution in [2.24, 2.45) is 5.73 Å². The number of nitrogens with one attached hydrogen (secondary N) is 2. The van der Waals surface area contributed by atoms with Crippen molar-refractivity contribution in [3.8, 4) is 11.8 Å². The van der Waals surface area contributed by atoms with Gasteiger partial charge >= 0.3 is 6.09 Å². The number of aromatic hydroxyl groups is 1. The lowest BCUT2D eigenvalue weighted by atomic mass is 9.94. The second-order valence-corrected chi connectivity index (χ2v) is 9.83. The molecule has 2 atom stereocenters. The molecule has 11 heteroatoms. The quantitative estimate of drug-likeness (QED) is 0.374. The van der Waals surface area contributed by atoms with E-state index in [1.54, 1.807) is 26.8 Å². The number of hydrogen-bond donors (Lipinski definition) is 4. The second-order valence-electron chi connectivity index (χ2n) is 9.83. The van der Waals surface area contributed by atoms with Gasteiger partial charge in [0.15, 0.2) is 0 Å². The maximum Gasteiger partial charge on any atom is 0.408 e. The van der Waals surface area contributed by atoms with Crippen molar-refractivity contribution >= 4 is 23.8 Å². The van der Waals surface area contributed by atoms with Gasteiger partial charge in [0.05, 0.1) is 12.5 Å². The van der Waals surface area contributed by atoms with Gasteiger partial charge in [-0.25, -0.2) is 4.79 Å². The molecular weight excluding hydrogens is 466 g/mol. The predicted octanol–water partition coefficient (Wildman–Crippen LogP) is 2.00. The highest BCUT2D eigenvalue weighted by Crippen LogP contribution is 2.27. The fraction of sp³-hybridized carbons (Fsp3) is 0.560. The Labute approximate surface area is 211 Å². The van der Waals surface area contributed by atoms with E-state index < -0.39 is 54.5 Å². The zero-order chi connectivity index (χ0) is 26.9. The van der Waals surface area contributed by atoms with Crippen molar-refractivity contribution in [3.05, 3.63) is 29.8 Å².